The maximum Gasteiger partial charge on any atom is 0.418 e. The molecule has 0 saturated heterocycles. The van der Waals surface area contributed by atoms with Crippen LogP contribution in [-0.4, -0.2) is 39.7 Å². The number of aromatic nitrogens is 3. The molecule has 216 valence electrons. The summed E-state index contributed by atoms with van der Waals surface area (Å²) in [7, 11) is 1.45. The predicted molar refractivity (Wildman–Crippen MR) is 151 cm³/mol. The van der Waals surface area contributed by atoms with Gasteiger partial charge in [0.15, 0.2) is 0 Å². The van der Waals surface area contributed by atoms with E-state index in [2.05, 4.69) is 42.5 Å². The fourth-order valence-electron chi connectivity index (χ4n) is 3.15. The van der Waals surface area contributed by atoms with Gasteiger partial charge >= 0.3 is 6.18 Å². The van der Waals surface area contributed by atoms with Gasteiger partial charge in [0, 0.05) is 24.2 Å². The van der Waals surface area contributed by atoms with Crippen LogP contribution in [0, 0.1) is 0 Å². The predicted octanol–water partition coefficient (Wildman–Crippen LogP) is 6.21. The molecule has 0 aliphatic heterocycles. The second kappa shape index (κ2) is 13.6. The first-order chi connectivity index (χ1) is 19.3. The number of thiazole rings is 1. The molecule has 1 unspecified atom stereocenters. The van der Waals surface area contributed by atoms with Gasteiger partial charge in [0.05, 0.1) is 35.0 Å². The number of amides is 2. The number of nitrogens with zero attached hydrogens (tertiary/aromatic N) is 4. The first kappa shape index (κ1) is 31.5. The number of anilines is 2. The lowest BCUT2D eigenvalue weighted by atomic mass is 10.2. The van der Waals surface area contributed by atoms with E-state index in [0.717, 1.165) is 17.5 Å². The van der Waals surface area contributed by atoms with Crippen LogP contribution in [0.15, 0.2) is 65.2 Å². The molecule has 0 saturated carbocycles. The summed E-state index contributed by atoms with van der Waals surface area (Å²) in [4.78, 5) is 41.7. The summed E-state index contributed by atoms with van der Waals surface area (Å²) in [5.41, 5.74) is -0.574. The van der Waals surface area contributed by atoms with Crippen LogP contribution in [0.5, 0.6) is 5.88 Å². The summed E-state index contributed by atoms with van der Waals surface area (Å²) in [6.07, 6.45) is 0.0872. The van der Waals surface area contributed by atoms with Crippen LogP contribution in [0.3, 0.4) is 0 Å². The van der Waals surface area contributed by atoms with Crippen molar-refractivity contribution in [2.24, 2.45) is 4.99 Å². The number of pyridine rings is 2. The molecule has 2 amide bonds. The number of rotatable bonds is 9. The lowest BCUT2D eigenvalue weighted by molar-refractivity contribution is -0.137. The van der Waals surface area contributed by atoms with Gasteiger partial charge in [-0.15, -0.1) is 11.3 Å². The molecule has 0 aromatic carbocycles. The number of methoxy groups -OCH3 is 1. The Labute approximate surface area is 246 Å². The number of ether oxygens (including phenoxy) is 1. The molecule has 3 heterocycles. The van der Waals surface area contributed by atoms with Gasteiger partial charge in [0.25, 0.3) is 5.91 Å². The zero-order valence-corrected chi connectivity index (χ0v) is 24.0. The Morgan fingerprint density at radius 3 is 2.61 bits per heavy atom. The highest BCUT2D eigenvalue weighted by Gasteiger charge is 2.34. The number of carbonyl (C=O) groups excluding carboxylic acids is 2. The van der Waals surface area contributed by atoms with Crippen LogP contribution < -0.4 is 20.7 Å². The van der Waals surface area contributed by atoms with E-state index in [1.165, 1.54) is 32.6 Å². The van der Waals surface area contributed by atoms with Crippen LogP contribution in [0.25, 0.3) is 0 Å². The van der Waals surface area contributed by atoms with E-state index in [1.807, 2.05) is 0 Å². The van der Waals surface area contributed by atoms with E-state index >= 15 is 0 Å². The Balaban J connectivity index is 1.71. The number of carbonyl (C=O) groups is 2. The molecule has 0 radical (unpaired) electrons. The van der Waals surface area contributed by atoms with E-state index in [0.29, 0.717) is 16.8 Å². The maximum atomic E-state index is 13.1. The van der Waals surface area contributed by atoms with Crippen molar-refractivity contribution in [3.05, 3.63) is 80.6 Å². The molecule has 3 N–H and O–H groups in total. The highest BCUT2D eigenvalue weighted by Crippen LogP contribution is 2.35. The van der Waals surface area contributed by atoms with Crippen LogP contribution >= 0.6 is 34.5 Å². The van der Waals surface area contributed by atoms with Gasteiger partial charge in [0.1, 0.15) is 27.2 Å². The molecule has 3 aromatic rings. The van der Waals surface area contributed by atoms with Crippen molar-refractivity contribution in [3.8, 4) is 5.88 Å². The van der Waals surface area contributed by atoms with E-state index in [1.54, 1.807) is 19.1 Å². The van der Waals surface area contributed by atoms with Gasteiger partial charge in [0.2, 0.25) is 11.8 Å². The van der Waals surface area contributed by atoms with Crippen molar-refractivity contribution in [2.75, 3.05) is 17.7 Å². The summed E-state index contributed by atoms with van der Waals surface area (Å²) >= 11 is 13.0. The van der Waals surface area contributed by atoms with Crippen molar-refractivity contribution in [2.45, 2.75) is 26.1 Å². The van der Waals surface area contributed by atoms with Gasteiger partial charge in [-0.1, -0.05) is 29.8 Å². The Hall–Kier alpha value is -4.01. The summed E-state index contributed by atoms with van der Waals surface area (Å²) in [5, 5.41) is 7.73. The fourth-order valence-corrected chi connectivity index (χ4v) is 4.36. The minimum Gasteiger partial charge on any atom is -0.480 e. The molecule has 3 rings (SSSR count). The van der Waals surface area contributed by atoms with E-state index in [4.69, 9.17) is 27.9 Å². The van der Waals surface area contributed by atoms with Gasteiger partial charge in [-0.3, -0.25) is 9.59 Å². The lowest BCUT2D eigenvalue weighted by Crippen LogP contribution is -2.29. The van der Waals surface area contributed by atoms with Gasteiger partial charge in [-0.25, -0.2) is 19.9 Å². The van der Waals surface area contributed by atoms with Crippen molar-refractivity contribution >= 4 is 63.7 Å². The number of amidine groups is 1. The molecular weight excluding hydrogens is 606 g/mol. The third kappa shape index (κ3) is 8.02. The first-order valence-electron chi connectivity index (χ1n) is 11.5. The minimum absolute atomic E-state index is 0.00611. The average molecular weight is 628 g/mol. The second-order valence-electron chi connectivity index (χ2n) is 8.04. The molecule has 3 aromatic heterocycles. The third-order valence-corrected chi connectivity index (χ3v) is 7.13. The van der Waals surface area contributed by atoms with Crippen molar-refractivity contribution in [1.82, 2.24) is 20.3 Å². The molecular formula is C25H22Cl2F3N7O3S. The Morgan fingerprint density at radius 1 is 1.22 bits per heavy atom. The monoisotopic (exact) mass is 627 g/mol. The summed E-state index contributed by atoms with van der Waals surface area (Å²) in [6.45, 7) is 6.68. The number of hydrogen-bond acceptors (Lipinski definition) is 8. The van der Waals surface area contributed by atoms with E-state index in [9.17, 15) is 22.8 Å². The molecule has 0 fully saturated rings. The fraction of sp³-hybridized carbons (Fsp3) is 0.200. The SMILES string of the molecule is C=C/N=C(Nc1cccnc1OC)\C(Cl)=C(/C)C(=O)NC(C)c1ncc(C(=O)Nc2cc(C(F)(F)F)c(Cl)cn2)s1. The molecule has 0 aliphatic rings. The Morgan fingerprint density at radius 2 is 1.95 bits per heavy atom. The third-order valence-electron chi connectivity index (χ3n) is 5.18. The topological polar surface area (TPSA) is 130 Å². The van der Waals surface area contributed by atoms with Crippen LogP contribution in [0.1, 0.15) is 40.1 Å². The largest absolute Gasteiger partial charge is 0.480 e. The van der Waals surface area contributed by atoms with Crippen LogP contribution in [0.2, 0.25) is 5.02 Å². The average Bonchev–Trinajstić information content (AvgIpc) is 3.43. The highest BCUT2D eigenvalue weighted by molar-refractivity contribution is 7.13. The maximum absolute atomic E-state index is 13.1. The van der Waals surface area contributed by atoms with Crippen molar-refractivity contribution in [1.29, 1.82) is 0 Å². The first-order valence-corrected chi connectivity index (χ1v) is 13.0. The normalized spacial score (nSPS) is 13.1. The molecule has 0 aliphatic carbocycles. The highest BCUT2D eigenvalue weighted by atomic mass is 35.5. The van der Waals surface area contributed by atoms with Crippen molar-refractivity contribution < 1.29 is 27.5 Å². The Bertz CT molecular complexity index is 1530. The van der Waals surface area contributed by atoms with Gasteiger partial charge in [-0.2, -0.15) is 13.2 Å². The summed E-state index contributed by atoms with van der Waals surface area (Å²) in [6, 6.07) is 3.32. The smallest absolute Gasteiger partial charge is 0.418 e. The second-order valence-corrected chi connectivity index (χ2v) is 9.89. The zero-order valence-electron chi connectivity index (χ0n) is 21.6. The lowest BCUT2D eigenvalue weighted by Gasteiger charge is -2.15. The molecule has 10 nitrogen and oxygen atoms in total. The number of halogens is 5. The van der Waals surface area contributed by atoms with Crippen molar-refractivity contribution in [3.63, 3.8) is 0 Å². The quantitative estimate of drug-likeness (QED) is 0.146. The number of nitrogens with one attached hydrogen (secondary N) is 3. The molecule has 0 spiro atoms. The molecule has 1 atom stereocenters. The molecule has 41 heavy (non-hydrogen) atoms. The number of aliphatic imine (C=N–C) groups is 1. The van der Waals surface area contributed by atoms with E-state index in [-0.39, 0.29) is 33.0 Å². The van der Waals surface area contributed by atoms with Crippen LogP contribution in [0.4, 0.5) is 24.7 Å². The zero-order chi connectivity index (χ0) is 30.3. The minimum atomic E-state index is -4.72. The summed E-state index contributed by atoms with van der Waals surface area (Å²) in [5.74, 6) is -1.23. The van der Waals surface area contributed by atoms with Crippen LogP contribution in [-0.2, 0) is 11.0 Å². The number of hydrogen-bond donors (Lipinski definition) is 3. The Kier molecular flexibility index (Phi) is 10.4. The van der Waals surface area contributed by atoms with Gasteiger partial charge in [-0.05, 0) is 32.0 Å². The summed E-state index contributed by atoms with van der Waals surface area (Å²) < 4.78 is 44.5. The van der Waals surface area contributed by atoms with E-state index < -0.39 is 34.6 Å². The van der Waals surface area contributed by atoms with Gasteiger partial charge < -0.3 is 20.7 Å². The molecule has 16 heteroatoms. The molecule has 0 bridgehead atoms. The number of alkyl halides is 3. The standard InChI is InChI=1S/C25H22Cl2F3N7O3S/c1-5-31-20(36-16-7-6-8-32-23(16)40-4)19(27)12(2)21(38)35-13(3)24-34-11-17(41-24)22(39)37-18-9-14(25(28,29)30)15(26)10-33-18/h5-11,13H,1H2,2-4H3,(H,31,36)(H,35,38)(H,33,37,39)/b19-12-.